The molecular weight excluding hydrogens is 250 g/mol. The molecule has 2 aromatic carbocycles. The molecule has 20 heavy (non-hydrogen) atoms. The molecule has 0 N–H and O–H groups in total. The first-order valence-corrected chi connectivity index (χ1v) is 6.39. The largest absolute Gasteiger partial charge is 0.483 e. The quantitative estimate of drug-likeness (QED) is 0.728. The van der Waals surface area contributed by atoms with E-state index in [1.165, 1.54) is 6.07 Å². The first-order valence-electron chi connectivity index (χ1n) is 6.39. The predicted molar refractivity (Wildman–Crippen MR) is 78.8 cm³/mol. The number of fused-ring (bicyclic) bond motifs is 1. The van der Waals surface area contributed by atoms with Crippen LogP contribution in [0.1, 0.15) is 5.69 Å². The standard InChI is InChI=1S/C17H13NO2/c19-16-8-2-1-3-9-17(16)20-12-15-14-7-5-4-6-13(14)10-11-18-15/h1-11H,12H2. The summed E-state index contributed by atoms with van der Waals surface area (Å²) in [6.45, 7) is 0.278. The molecule has 98 valence electrons. The Hall–Kier alpha value is -2.68. The van der Waals surface area contributed by atoms with Gasteiger partial charge in [0.05, 0.1) is 5.69 Å². The topological polar surface area (TPSA) is 39.2 Å². The van der Waals surface area contributed by atoms with E-state index in [9.17, 15) is 4.79 Å². The van der Waals surface area contributed by atoms with Crippen molar-refractivity contribution in [3.05, 3.63) is 82.8 Å². The van der Waals surface area contributed by atoms with Gasteiger partial charge in [-0.2, -0.15) is 0 Å². The van der Waals surface area contributed by atoms with Crippen molar-refractivity contribution in [1.82, 2.24) is 4.98 Å². The Labute approximate surface area is 116 Å². The Kier molecular flexibility index (Phi) is 3.42. The molecule has 1 aromatic heterocycles. The average Bonchev–Trinajstić information content (AvgIpc) is 2.69. The Bertz CT molecular complexity index is 794. The minimum absolute atomic E-state index is 0.129. The summed E-state index contributed by atoms with van der Waals surface area (Å²) in [7, 11) is 0. The summed E-state index contributed by atoms with van der Waals surface area (Å²) >= 11 is 0. The van der Waals surface area contributed by atoms with Crippen molar-refractivity contribution in [2.45, 2.75) is 6.61 Å². The average molecular weight is 263 g/mol. The van der Waals surface area contributed by atoms with Crippen LogP contribution >= 0.6 is 0 Å². The SMILES string of the molecule is O=c1cccccc1OCc1nccc2ccccc12. The molecule has 0 fully saturated rings. The van der Waals surface area contributed by atoms with Crippen LogP contribution in [0.4, 0.5) is 0 Å². The monoisotopic (exact) mass is 263 g/mol. The lowest BCUT2D eigenvalue weighted by Crippen LogP contribution is -2.06. The molecule has 0 unspecified atom stereocenters. The van der Waals surface area contributed by atoms with Gasteiger partial charge in [0.1, 0.15) is 6.61 Å². The van der Waals surface area contributed by atoms with Crippen molar-refractivity contribution in [2.24, 2.45) is 0 Å². The molecule has 3 nitrogen and oxygen atoms in total. The third kappa shape index (κ3) is 2.52. The number of rotatable bonds is 3. The minimum Gasteiger partial charge on any atom is -0.483 e. The highest BCUT2D eigenvalue weighted by atomic mass is 16.5. The van der Waals surface area contributed by atoms with Crippen LogP contribution in [0.3, 0.4) is 0 Å². The number of ether oxygens (including phenoxy) is 1. The first-order chi connectivity index (χ1) is 9.84. The van der Waals surface area contributed by atoms with Gasteiger partial charge in [-0.25, -0.2) is 0 Å². The second-order valence-corrected chi connectivity index (χ2v) is 4.41. The Morgan fingerprint density at radius 1 is 0.900 bits per heavy atom. The van der Waals surface area contributed by atoms with Crippen molar-refractivity contribution < 1.29 is 4.74 Å². The molecule has 1 heterocycles. The van der Waals surface area contributed by atoms with Gasteiger partial charge in [-0.3, -0.25) is 9.78 Å². The molecule has 3 heteroatoms. The molecule has 0 aliphatic carbocycles. The van der Waals surface area contributed by atoms with Gasteiger partial charge in [0.25, 0.3) is 0 Å². The van der Waals surface area contributed by atoms with Crippen molar-refractivity contribution in [1.29, 1.82) is 0 Å². The van der Waals surface area contributed by atoms with Gasteiger partial charge < -0.3 is 4.74 Å². The molecule has 0 amide bonds. The van der Waals surface area contributed by atoms with Gasteiger partial charge in [0, 0.05) is 11.6 Å². The maximum absolute atomic E-state index is 11.8. The van der Waals surface area contributed by atoms with E-state index in [1.54, 1.807) is 30.5 Å². The van der Waals surface area contributed by atoms with Crippen LogP contribution in [0.2, 0.25) is 0 Å². The molecule has 3 rings (SSSR count). The highest BCUT2D eigenvalue weighted by Crippen LogP contribution is 2.17. The molecule has 0 radical (unpaired) electrons. The second kappa shape index (κ2) is 5.53. The molecule has 0 spiro atoms. The van der Waals surface area contributed by atoms with E-state index in [0.717, 1.165) is 16.5 Å². The fourth-order valence-corrected chi connectivity index (χ4v) is 2.08. The van der Waals surface area contributed by atoms with Crippen molar-refractivity contribution in [3.8, 4) is 5.75 Å². The minimum atomic E-state index is -0.129. The number of aromatic nitrogens is 1. The lowest BCUT2D eigenvalue weighted by atomic mass is 10.1. The zero-order valence-electron chi connectivity index (χ0n) is 10.8. The van der Waals surface area contributed by atoms with Crippen LogP contribution < -0.4 is 10.2 Å². The van der Waals surface area contributed by atoms with E-state index < -0.39 is 0 Å². The Balaban J connectivity index is 1.91. The molecule has 0 atom stereocenters. The summed E-state index contributed by atoms with van der Waals surface area (Å²) in [6.07, 6.45) is 1.75. The molecule has 0 aliphatic heterocycles. The predicted octanol–water partition coefficient (Wildman–Crippen LogP) is 3.17. The number of pyridine rings is 1. The fraction of sp³-hybridized carbons (Fsp3) is 0.0588. The number of hydrogen-bond acceptors (Lipinski definition) is 3. The van der Waals surface area contributed by atoms with Crippen molar-refractivity contribution in [3.63, 3.8) is 0 Å². The van der Waals surface area contributed by atoms with Crippen LogP contribution in [-0.4, -0.2) is 4.98 Å². The third-order valence-corrected chi connectivity index (χ3v) is 3.08. The normalized spacial score (nSPS) is 10.4. The van der Waals surface area contributed by atoms with E-state index in [-0.39, 0.29) is 12.0 Å². The van der Waals surface area contributed by atoms with Gasteiger partial charge in [-0.1, -0.05) is 42.5 Å². The van der Waals surface area contributed by atoms with Gasteiger partial charge in [0.2, 0.25) is 5.43 Å². The summed E-state index contributed by atoms with van der Waals surface area (Å²) in [5.41, 5.74) is 0.698. The number of nitrogens with zero attached hydrogens (tertiary/aromatic N) is 1. The third-order valence-electron chi connectivity index (χ3n) is 3.08. The summed E-state index contributed by atoms with van der Waals surface area (Å²) < 4.78 is 5.62. The molecular formula is C17H13NO2. The van der Waals surface area contributed by atoms with Crippen molar-refractivity contribution in [2.75, 3.05) is 0 Å². The van der Waals surface area contributed by atoms with Gasteiger partial charge >= 0.3 is 0 Å². The highest BCUT2D eigenvalue weighted by molar-refractivity contribution is 5.84. The molecule has 0 bridgehead atoms. The van der Waals surface area contributed by atoms with Crippen LogP contribution in [0, 0.1) is 0 Å². The number of hydrogen-bond donors (Lipinski definition) is 0. The molecule has 0 aliphatic rings. The van der Waals surface area contributed by atoms with Crippen LogP contribution in [0.25, 0.3) is 10.8 Å². The lowest BCUT2D eigenvalue weighted by Gasteiger charge is -2.06. The molecule has 0 saturated heterocycles. The second-order valence-electron chi connectivity index (χ2n) is 4.41. The van der Waals surface area contributed by atoms with Gasteiger partial charge in [-0.15, -0.1) is 0 Å². The summed E-state index contributed by atoms with van der Waals surface area (Å²) in [5, 5.41) is 2.16. The Morgan fingerprint density at radius 3 is 2.65 bits per heavy atom. The maximum atomic E-state index is 11.8. The zero-order chi connectivity index (χ0) is 13.8. The molecule has 3 aromatic rings. The van der Waals surface area contributed by atoms with Crippen LogP contribution in [0.15, 0.2) is 71.7 Å². The lowest BCUT2D eigenvalue weighted by molar-refractivity contribution is 0.300. The summed E-state index contributed by atoms with van der Waals surface area (Å²) in [6, 6.07) is 18.4. The fourth-order valence-electron chi connectivity index (χ4n) is 2.08. The zero-order valence-corrected chi connectivity index (χ0v) is 10.8. The highest BCUT2D eigenvalue weighted by Gasteiger charge is 2.04. The van der Waals surface area contributed by atoms with E-state index in [1.807, 2.05) is 30.3 Å². The first kappa shape index (κ1) is 12.4. The van der Waals surface area contributed by atoms with E-state index >= 15 is 0 Å². The van der Waals surface area contributed by atoms with E-state index in [4.69, 9.17) is 4.74 Å². The van der Waals surface area contributed by atoms with E-state index in [0.29, 0.717) is 5.75 Å². The smallest absolute Gasteiger partial charge is 0.220 e. The van der Waals surface area contributed by atoms with Gasteiger partial charge in [0.15, 0.2) is 5.75 Å². The van der Waals surface area contributed by atoms with Crippen LogP contribution in [-0.2, 0) is 6.61 Å². The van der Waals surface area contributed by atoms with Gasteiger partial charge in [-0.05, 0) is 23.6 Å². The maximum Gasteiger partial charge on any atom is 0.220 e. The molecule has 0 saturated carbocycles. The van der Waals surface area contributed by atoms with Crippen molar-refractivity contribution >= 4 is 10.8 Å². The summed E-state index contributed by atoms with van der Waals surface area (Å²) in [4.78, 5) is 16.1. The Morgan fingerprint density at radius 2 is 1.70 bits per heavy atom. The number of benzene rings is 1. The summed E-state index contributed by atoms with van der Waals surface area (Å²) in [5.74, 6) is 0.338. The van der Waals surface area contributed by atoms with E-state index in [2.05, 4.69) is 4.98 Å². The van der Waals surface area contributed by atoms with Crippen LogP contribution in [0.5, 0.6) is 5.75 Å².